The molecule has 0 saturated heterocycles. The van der Waals surface area contributed by atoms with Gasteiger partial charge in [0.2, 0.25) is 0 Å². The lowest BCUT2D eigenvalue weighted by Gasteiger charge is -2.15. The van der Waals surface area contributed by atoms with Gasteiger partial charge in [0.05, 0.1) is 24.3 Å². The van der Waals surface area contributed by atoms with Crippen molar-refractivity contribution in [2.24, 2.45) is 5.16 Å². The number of nitrogens with zero attached hydrogens (tertiary/aromatic N) is 1. The molecular formula is C25H32ClNO4S. The molecule has 0 saturated carbocycles. The number of methoxy groups -OCH3 is 1. The van der Waals surface area contributed by atoms with E-state index in [4.69, 9.17) is 16.3 Å². The number of phenols is 1. The van der Waals surface area contributed by atoms with Gasteiger partial charge < -0.3 is 15.1 Å². The Hall–Kier alpha value is -2.18. The highest BCUT2D eigenvalue weighted by Crippen LogP contribution is 2.31. The van der Waals surface area contributed by atoms with Gasteiger partial charge >= 0.3 is 5.97 Å². The summed E-state index contributed by atoms with van der Waals surface area (Å²) in [4.78, 5) is 12.4. The molecule has 0 radical (unpaired) electrons. The zero-order valence-corrected chi connectivity index (χ0v) is 20.6. The van der Waals surface area contributed by atoms with Crippen LogP contribution in [0.4, 0.5) is 0 Å². The van der Waals surface area contributed by atoms with Crippen LogP contribution < -0.4 is 0 Å². The number of oxime groups is 1. The zero-order valence-electron chi connectivity index (χ0n) is 19.0. The minimum Gasteiger partial charge on any atom is -0.507 e. The van der Waals surface area contributed by atoms with Gasteiger partial charge in [-0.2, -0.15) is 0 Å². The van der Waals surface area contributed by atoms with Gasteiger partial charge in [-0.05, 0) is 72.7 Å². The first-order valence-electron chi connectivity index (χ1n) is 11.0. The summed E-state index contributed by atoms with van der Waals surface area (Å²) in [6.07, 6.45) is 5.39. The van der Waals surface area contributed by atoms with Gasteiger partial charge in [0, 0.05) is 10.5 Å². The van der Waals surface area contributed by atoms with E-state index in [0.29, 0.717) is 22.7 Å². The number of aryl methyl sites for hydroxylation is 1. The first-order valence-corrected chi connectivity index (χ1v) is 12.3. The number of hydrogen-bond donors (Lipinski definition) is 2. The number of phenolic OH excluding ortho intramolecular Hbond substituents is 1. The summed E-state index contributed by atoms with van der Waals surface area (Å²) in [6, 6.07) is 9.59. The fourth-order valence-corrected chi connectivity index (χ4v) is 4.90. The average Bonchev–Trinajstić information content (AvgIpc) is 2.78. The zero-order chi connectivity index (χ0) is 23.5. The van der Waals surface area contributed by atoms with Crippen molar-refractivity contribution in [3.05, 3.63) is 57.6 Å². The monoisotopic (exact) mass is 477 g/mol. The quantitative estimate of drug-likeness (QED) is 0.0920. The maximum atomic E-state index is 11.4. The highest BCUT2D eigenvalue weighted by molar-refractivity contribution is 7.99. The number of rotatable bonds is 12. The summed E-state index contributed by atoms with van der Waals surface area (Å²) in [7, 11) is 1.38. The minimum atomic E-state index is -0.280. The standard InChI is InChI=1S/C25H32ClNO4S/c1-4-8-19-18(11-12-20(25(19)29)22(5-2)27-30)9-6-7-14-32-23-13-10-17(15-21(23)26)16-24(28)31-3/h10-13,15,29-30H,4-9,14,16H2,1-3H3. The van der Waals surface area contributed by atoms with Gasteiger partial charge in [0.15, 0.2) is 0 Å². The van der Waals surface area contributed by atoms with Crippen molar-refractivity contribution in [2.75, 3.05) is 12.9 Å². The molecule has 0 spiro atoms. The van der Waals surface area contributed by atoms with Crippen LogP contribution >= 0.6 is 23.4 Å². The molecule has 0 aliphatic rings. The van der Waals surface area contributed by atoms with Crippen LogP contribution in [0.15, 0.2) is 40.4 Å². The summed E-state index contributed by atoms with van der Waals surface area (Å²) in [5.74, 6) is 0.894. The number of carbonyl (C=O) groups is 1. The number of hydrogen-bond acceptors (Lipinski definition) is 6. The van der Waals surface area contributed by atoms with E-state index in [1.54, 1.807) is 11.8 Å². The van der Waals surface area contributed by atoms with E-state index in [-0.39, 0.29) is 18.1 Å². The first kappa shape index (κ1) is 26.1. The van der Waals surface area contributed by atoms with Crippen LogP contribution in [0.3, 0.4) is 0 Å². The van der Waals surface area contributed by atoms with E-state index >= 15 is 0 Å². The molecule has 174 valence electrons. The number of aromatic hydroxyl groups is 1. The van der Waals surface area contributed by atoms with Crippen LogP contribution in [0.5, 0.6) is 5.75 Å². The van der Waals surface area contributed by atoms with Crippen molar-refractivity contribution < 1.29 is 19.8 Å². The van der Waals surface area contributed by atoms with Crippen molar-refractivity contribution in [2.45, 2.75) is 63.7 Å². The Labute approximate surface area is 199 Å². The number of carbonyl (C=O) groups excluding carboxylic acids is 1. The summed E-state index contributed by atoms with van der Waals surface area (Å²) < 4.78 is 4.69. The van der Waals surface area contributed by atoms with Crippen molar-refractivity contribution in [1.82, 2.24) is 0 Å². The molecule has 0 fully saturated rings. The molecule has 0 atom stereocenters. The van der Waals surface area contributed by atoms with Gasteiger partial charge in [-0.3, -0.25) is 4.79 Å². The van der Waals surface area contributed by atoms with Gasteiger partial charge in [-0.1, -0.05) is 49.2 Å². The van der Waals surface area contributed by atoms with Crippen molar-refractivity contribution in [3.8, 4) is 5.75 Å². The highest BCUT2D eigenvalue weighted by Gasteiger charge is 2.15. The van der Waals surface area contributed by atoms with E-state index in [1.807, 2.05) is 37.3 Å². The Morgan fingerprint density at radius 3 is 2.56 bits per heavy atom. The largest absolute Gasteiger partial charge is 0.507 e. The Balaban J connectivity index is 1.94. The average molecular weight is 478 g/mol. The summed E-state index contributed by atoms with van der Waals surface area (Å²) >= 11 is 8.08. The van der Waals surface area contributed by atoms with Crippen molar-refractivity contribution >= 4 is 35.0 Å². The second-order valence-corrected chi connectivity index (χ2v) is 9.12. The molecule has 2 rings (SSSR count). The molecule has 5 nitrogen and oxygen atoms in total. The lowest BCUT2D eigenvalue weighted by Crippen LogP contribution is -2.04. The SMILES string of the molecule is CCCc1c(CCCCSc2ccc(CC(=O)OC)cc2Cl)ccc(C(CC)=NO)c1O. The van der Waals surface area contributed by atoms with Crippen LogP contribution in [0.2, 0.25) is 5.02 Å². The number of halogens is 1. The van der Waals surface area contributed by atoms with Crippen LogP contribution in [0, 0.1) is 0 Å². The molecule has 0 bridgehead atoms. The topological polar surface area (TPSA) is 79.1 Å². The maximum absolute atomic E-state index is 11.4. The number of ether oxygens (including phenoxy) is 1. The molecule has 7 heteroatoms. The first-order chi connectivity index (χ1) is 15.4. The molecule has 2 aromatic rings. The molecular weight excluding hydrogens is 446 g/mol. The molecule has 2 aromatic carbocycles. The molecule has 0 aromatic heterocycles. The van der Waals surface area contributed by atoms with Crippen LogP contribution in [0.1, 0.15) is 61.8 Å². The Morgan fingerprint density at radius 1 is 1.16 bits per heavy atom. The van der Waals surface area contributed by atoms with Gasteiger partial charge in [0.25, 0.3) is 0 Å². The lowest BCUT2D eigenvalue weighted by atomic mass is 9.93. The number of unbranched alkanes of at least 4 members (excludes halogenated alkanes) is 1. The van der Waals surface area contributed by atoms with E-state index < -0.39 is 0 Å². The van der Waals surface area contributed by atoms with E-state index in [2.05, 4.69) is 12.1 Å². The summed E-state index contributed by atoms with van der Waals surface area (Å²) in [5.41, 5.74) is 4.06. The predicted molar refractivity (Wildman–Crippen MR) is 132 cm³/mol. The third kappa shape index (κ3) is 7.17. The Kier molecular flexibility index (Phi) is 10.9. The lowest BCUT2D eigenvalue weighted by molar-refractivity contribution is -0.139. The molecule has 0 heterocycles. The third-order valence-electron chi connectivity index (χ3n) is 5.32. The number of esters is 1. The molecule has 0 unspecified atom stereocenters. The van der Waals surface area contributed by atoms with Crippen molar-refractivity contribution in [1.29, 1.82) is 0 Å². The number of thioether (sulfide) groups is 1. The Morgan fingerprint density at radius 2 is 1.94 bits per heavy atom. The van der Waals surface area contributed by atoms with Crippen molar-refractivity contribution in [3.63, 3.8) is 0 Å². The second kappa shape index (κ2) is 13.4. The second-order valence-electron chi connectivity index (χ2n) is 7.57. The normalized spacial score (nSPS) is 11.6. The van der Waals surface area contributed by atoms with Gasteiger partial charge in [-0.15, -0.1) is 11.8 Å². The molecule has 0 amide bonds. The Bertz CT molecular complexity index is 946. The van der Waals surface area contributed by atoms with Gasteiger partial charge in [0.1, 0.15) is 5.75 Å². The summed E-state index contributed by atoms with van der Waals surface area (Å²) in [6.45, 7) is 3.99. The van der Waals surface area contributed by atoms with E-state index in [1.165, 1.54) is 7.11 Å². The van der Waals surface area contributed by atoms with Crippen LogP contribution in [0.25, 0.3) is 0 Å². The van der Waals surface area contributed by atoms with Crippen LogP contribution in [-0.4, -0.2) is 34.9 Å². The smallest absolute Gasteiger partial charge is 0.309 e. The third-order valence-corrected chi connectivity index (χ3v) is 6.90. The maximum Gasteiger partial charge on any atom is 0.309 e. The van der Waals surface area contributed by atoms with E-state index in [9.17, 15) is 15.1 Å². The summed E-state index contributed by atoms with van der Waals surface area (Å²) in [5, 5.41) is 24.0. The van der Waals surface area contributed by atoms with Gasteiger partial charge in [-0.25, -0.2) is 0 Å². The molecule has 32 heavy (non-hydrogen) atoms. The highest BCUT2D eigenvalue weighted by atomic mass is 35.5. The molecule has 0 aliphatic heterocycles. The minimum absolute atomic E-state index is 0.219. The fourth-order valence-electron chi connectivity index (χ4n) is 3.60. The van der Waals surface area contributed by atoms with E-state index in [0.717, 1.165) is 59.4 Å². The number of benzene rings is 2. The molecule has 0 aliphatic carbocycles. The van der Waals surface area contributed by atoms with Crippen LogP contribution in [-0.2, 0) is 28.8 Å². The molecule has 2 N–H and O–H groups in total. The fraction of sp³-hybridized carbons (Fsp3) is 0.440. The predicted octanol–water partition coefficient (Wildman–Crippen LogP) is 6.42.